The zero-order chi connectivity index (χ0) is 28.0. The molecule has 0 aliphatic rings. The predicted molar refractivity (Wildman–Crippen MR) is 152 cm³/mol. The fourth-order valence-corrected chi connectivity index (χ4v) is 6.92. The van der Waals surface area contributed by atoms with Gasteiger partial charge in [0.15, 0.2) is 9.84 Å². The Morgan fingerprint density at radius 3 is 1.76 bits per heavy atom. The van der Waals surface area contributed by atoms with Crippen LogP contribution >= 0.6 is 8.46 Å². The summed E-state index contributed by atoms with van der Waals surface area (Å²) in [5, 5.41) is 6.88. The van der Waals surface area contributed by atoms with E-state index in [1.165, 1.54) is 38.5 Å². The number of hydrogen-bond donors (Lipinski definition) is 1. The van der Waals surface area contributed by atoms with Crippen LogP contribution in [0.2, 0.25) is 0 Å². The second-order valence-corrected chi connectivity index (χ2v) is 13.6. The van der Waals surface area contributed by atoms with Crippen molar-refractivity contribution in [3.63, 3.8) is 0 Å². The number of aliphatic carboxylic acids is 1. The molecule has 0 saturated carbocycles. The molecule has 0 aromatic heterocycles. The number of ether oxygens (including phenoxy) is 2. The van der Waals surface area contributed by atoms with E-state index < -0.39 is 47.6 Å². The molecule has 3 atom stereocenters. The Balaban J connectivity index is 4.96. The monoisotopic (exact) mass is 566 g/mol. The Morgan fingerprint density at radius 1 is 0.811 bits per heavy atom. The van der Waals surface area contributed by atoms with Crippen LogP contribution in [0.3, 0.4) is 0 Å². The highest BCUT2D eigenvalue weighted by atomic mass is 32.2. The number of carboxylic acids is 1. The lowest BCUT2D eigenvalue weighted by atomic mass is 10.1. The van der Waals surface area contributed by atoms with Gasteiger partial charge >= 0.3 is 5.97 Å². The van der Waals surface area contributed by atoms with Crippen LogP contribution in [0.15, 0.2) is 0 Å². The molecule has 0 spiro atoms. The summed E-state index contributed by atoms with van der Waals surface area (Å²) >= 11 is 0. The van der Waals surface area contributed by atoms with E-state index in [4.69, 9.17) is 9.47 Å². The molecular weight excluding hydrogens is 511 g/mol. The third kappa shape index (κ3) is 16.2. The van der Waals surface area contributed by atoms with Gasteiger partial charge in [0, 0.05) is 6.61 Å². The molecular formula is C28H55O7PS. The number of hydrogen-bond acceptors (Lipinski definition) is 6. The first-order chi connectivity index (χ1) is 17.7. The van der Waals surface area contributed by atoms with Gasteiger partial charge in [-0.05, 0) is 26.2 Å². The minimum atomic E-state index is -3.43. The third-order valence-electron chi connectivity index (χ3n) is 6.93. The maximum atomic E-state index is 13.3. The SMILES string of the molecule is CCCCCCCCCCCCS(=O)(=O)C(CCCCCCC)C(C)OCC(OCCC)(P=O)C(=O)O. The van der Waals surface area contributed by atoms with Gasteiger partial charge in [0.1, 0.15) is 0 Å². The summed E-state index contributed by atoms with van der Waals surface area (Å²) in [5.41, 5.74) is 0. The molecule has 9 heteroatoms. The van der Waals surface area contributed by atoms with Crippen LogP contribution in [0.1, 0.15) is 137 Å². The summed E-state index contributed by atoms with van der Waals surface area (Å²) in [5.74, 6) is -1.26. The maximum Gasteiger partial charge on any atom is 0.350 e. The van der Waals surface area contributed by atoms with Gasteiger partial charge in [-0.2, -0.15) is 0 Å². The van der Waals surface area contributed by atoms with Crippen molar-refractivity contribution in [2.45, 2.75) is 154 Å². The van der Waals surface area contributed by atoms with E-state index >= 15 is 0 Å². The van der Waals surface area contributed by atoms with Gasteiger partial charge in [-0.25, -0.2) is 13.2 Å². The Labute approximate surface area is 229 Å². The third-order valence-corrected chi connectivity index (χ3v) is 10.1. The Kier molecular flexibility index (Phi) is 21.9. The first kappa shape index (κ1) is 36.4. The molecule has 0 rings (SSSR count). The molecule has 1 N–H and O–H groups in total. The number of carbonyl (C=O) groups is 1. The van der Waals surface area contributed by atoms with Crippen molar-refractivity contribution in [2.24, 2.45) is 0 Å². The molecule has 7 nitrogen and oxygen atoms in total. The molecule has 0 radical (unpaired) electrons. The van der Waals surface area contributed by atoms with Crippen LogP contribution in [0.25, 0.3) is 0 Å². The molecule has 0 amide bonds. The average molecular weight is 567 g/mol. The maximum absolute atomic E-state index is 13.3. The highest BCUT2D eigenvalue weighted by Gasteiger charge is 2.43. The fraction of sp³-hybridized carbons (Fsp3) is 0.964. The molecule has 0 saturated heterocycles. The molecule has 37 heavy (non-hydrogen) atoms. The van der Waals surface area contributed by atoms with E-state index in [1.807, 2.05) is 6.92 Å². The predicted octanol–water partition coefficient (Wildman–Crippen LogP) is 7.96. The fourth-order valence-electron chi connectivity index (χ4n) is 4.48. The minimum Gasteiger partial charge on any atom is -0.478 e. The van der Waals surface area contributed by atoms with Crippen LogP contribution < -0.4 is 0 Å². The lowest BCUT2D eigenvalue weighted by Gasteiger charge is -2.28. The molecule has 0 aliphatic heterocycles. The van der Waals surface area contributed by atoms with Crippen LogP contribution in [-0.4, -0.2) is 55.2 Å². The van der Waals surface area contributed by atoms with Crippen molar-refractivity contribution in [3.8, 4) is 0 Å². The Hall–Kier alpha value is -0.560. The van der Waals surface area contributed by atoms with E-state index in [0.717, 1.165) is 51.4 Å². The summed E-state index contributed by atoms with van der Waals surface area (Å²) in [4.78, 5) is 11.8. The van der Waals surface area contributed by atoms with Crippen molar-refractivity contribution < 1.29 is 32.4 Å². The Bertz CT molecular complexity index is 686. The largest absolute Gasteiger partial charge is 0.478 e. The second kappa shape index (κ2) is 22.3. The molecule has 0 aromatic rings. The molecule has 0 bridgehead atoms. The smallest absolute Gasteiger partial charge is 0.350 e. The van der Waals surface area contributed by atoms with Crippen molar-refractivity contribution in [3.05, 3.63) is 0 Å². The van der Waals surface area contributed by atoms with Crippen LogP contribution in [0.4, 0.5) is 0 Å². The van der Waals surface area contributed by atoms with Gasteiger partial charge in [0.2, 0.25) is 8.46 Å². The molecule has 0 aromatic carbocycles. The number of carboxylic acid groups (broad SMARTS) is 1. The summed E-state index contributed by atoms with van der Waals surface area (Å²) in [6.45, 7) is 7.52. The number of sulfone groups is 1. The lowest BCUT2D eigenvalue weighted by Crippen LogP contribution is -2.44. The quantitative estimate of drug-likeness (QED) is 0.0794. The van der Waals surface area contributed by atoms with E-state index in [2.05, 4.69) is 13.8 Å². The standard InChI is InChI=1S/C28H55O7PS/c1-5-8-10-12-13-14-15-16-18-20-23-37(32,33)26(21-19-17-11-9-6-2)25(4)34-24-28(36-31,27(29)30)35-22-7-3/h25-26H,5-24H2,1-4H3,(H,29,30). The highest BCUT2D eigenvalue weighted by Crippen LogP contribution is 2.29. The van der Waals surface area contributed by atoms with Crippen molar-refractivity contribution in [1.82, 2.24) is 0 Å². The zero-order valence-corrected chi connectivity index (χ0v) is 25.8. The minimum absolute atomic E-state index is 0.118. The Morgan fingerprint density at radius 2 is 1.30 bits per heavy atom. The van der Waals surface area contributed by atoms with Crippen molar-refractivity contribution in [2.75, 3.05) is 19.0 Å². The lowest BCUT2D eigenvalue weighted by molar-refractivity contribution is -0.162. The molecule has 0 aliphatic carbocycles. The first-order valence-electron chi connectivity index (χ1n) is 14.8. The highest BCUT2D eigenvalue weighted by molar-refractivity contribution is 7.92. The van der Waals surface area contributed by atoms with Gasteiger partial charge < -0.3 is 14.6 Å². The average Bonchev–Trinajstić information content (AvgIpc) is 2.87. The summed E-state index contributed by atoms with van der Waals surface area (Å²) < 4.78 is 49.6. The second-order valence-electron chi connectivity index (χ2n) is 10.3. The molecule has 3 unspecified atom stereocenters. The molecule has 0 fully saturated rings. The van der Waals surface area contributed by atoms with Crippen LogP contribution in [0, 0.1) is 0 Å². The molecule has 220 valence electrons. The van der Waals surface area contributed by atoms with Gasteiger partial charge in [0.05, 0.1) is 23.7 Å². The van der Waals surface area contributed by atoms with E-state index in [-0.39, 0.29) is 12.4 Å². The van der Waals surface area contributed by atoms with E-state index in [0.29, 0.717) is 19.3 Å². The summed E-state index contributed by atoms with van der Waals surface area (Å²) in [7, 11) is -4.14. The van der Waals surface area contributed by atoms with Gasteiger partial charge in [-0.15, -0.1) is 0 Å². The van der Waals surface area contributed by atoms with Gasteiger partial charge in [-0.3, -0.25) is 4.57 Å². The van der Waals surface area contributed by atoms with Crippen molar-refractivity contribution >= 4 is 24.3 Å². The van der Waals surface area contributed by atoms with Crippen molar-refractivity contribution in [1.29, 1.82) is 0 Å². The van der Waals surface area contributed by atoms with Crippen LogP contribution in [0.5, 0.6) is 0 Å². The normalized spacial score (nSPS) is 15.5. The summed E-state index contributed by atoms with van der Waals surface area (Å²) in [6.07, 6.45) is 16.7. The zero-order valence-electron chi connectivity index (χ0n) is 24.0. The summed E-state index contributed by atoms with van der Waals surface area (Å²) in [6, 6.07) is 0. The number of unbranched alkanes of at least 4 members (excludes halogenated alkanes) is 13. The topological polar surface area (TPSA) is 107 Å². The van der Waals surface area contributed by atoms with E-state index in [1.54, 1.807) is 6.92 Å². The van der Waals surface area contributed by atoms with E-state index in [9.17, 15) is 22.9 Å². The van der Waals surface area contributed by atoms with Gasteiger partial charge in [-0.1, -0.05) is 111 Å². The molecule has 0 heterocycles. The number of rotatable bonds is 27. The van der Waals surface area contributed by atoms with Gasteiger partial charge in [0.25, 0.3) is 5.34 Å². The van der Waals surface area contributed by atoms with Crippen LogP contribution in [-0.2, 0) is 28.7 Å². The first-order valence-corrected chi connectivity index (χ1v) is 17.3.